The molecule has 0 atom stereocenters. The summed E-state index contributed by atoms with van der Waals surface area (Å²) in [5, 5.41) is 0.790. The van der Waals surface area contributed by atoms with Gasteiger partial charge in [0.05, 0.1) is 29.9 Å². The molecule has 0 spiro atoms. The van der Waals surface area contributed by atoms with Crippen molar-refractivity contribution in [2.45, 2.75) is 13.3 Å². The number of para-hydroxylation sites is 1. The molecule has 1 amide bonds. The van der Waals surface area contributed by atoms with E-state index < -0.39 is 0 Å². The molecule has 4 rings (SSSR count). The Morgan fingerprint density at radius 2 is 1.93 bits per heavy atom. The third kappa shape index (κ3) is 4.41. The number of ether oxygens (including phenoxy) is 1. The van der Waals surface area contributed by atoms with Crippen molar-refractivity contribution in [2.75, 3.05) is 44.3 Å². The van der Waals surface area contributed by atoms with Gasteiger partial charge >= 0.3 is 0 Å². The predicted octanol–water partition coefficient (Wildman–Crippen LogP) is 3.51. The molecule has 1 saturated heterocycles. The number of hydrogen-bond donors (Lipinski definition) is 0. The van der Waals surface area contributed by atoms with Crippen molar-refractivity contribution in [1.82, 2.24) is 9.88 Å². The molecule has 1 aromatic heterocycles. The summed E-state index contributed by atoms with van der Waals surface area (Å²) in [5.41, 5.74) is 3.16. The molecule has 5 nitrogen and oxygen atoms in total. The molecule has 0 bridgehead atoms. The lowest BCUT2D eigenvalue weighted by molar-refractivity contribution is -0.118. The van der Waals surface area contributed by atoms with Crippen LogP contribution in [0.2, 0.25) is 0 Å². The van der Waals surface area contributed by atoms with Gasteiger partial charge in [-0.2, -0.15) is 0 Å². The summed E-state index contributed by atoms with van der Waals surface area (Å²) in [6, 6.07) is 16.1. The lowest BCUT2D eigenvalue weighted by atomic mass is 10.1. The summed E-state index contributed by atoms with van der Waals surface area (Å²) in [4.78, 5) is 22.2. The van der Waals surface area contributed by atoms with Crippen LogP contribution in [-0.2, 0) is 16.0 Å². The quantitative estimate of drug-likeness (QED) is 0.641. The maximum absolute atomic E-state index is 13.2. The van der Waals surface area contributed by atoms with Crippen LogP contribution in [0, 0.1) is 6.92 Å². The number of rotatable bonds is 6. The second kappa shape index (κ2) is 8.82. The van der Waals surface area contributed by atoms with Crippen LogP contribution in [0.5, 0.6) is 0 Å². The van der Waals surface area contributed by atoms with Gasteiger partial charge in [0.25, 0.3) is 0 Å². The molecule has 0 saturated carbocycles. The number of morpholine rings is 1. The first-order chi connectivity index (χ1) is 13.7. The summed E-state index contributed by atoms with van der Waals surface area (Å²) in [7, 11) is 0. The van der Waals surface area contributed by atoms with Crippen LogP contribution < -0.4 is 4.90 Å². The van der Waals surface area contributed by atoms with E-state index in [9.17, 15) is 4.79 Å². The molecule has 2 heterocycles. The number of carbonyl (C=O) groups is 1. The summed E-state index contributed by atoms with van der Waals surface area (Å²) >= 11 is 1.60. The third-order valence-corrected chi connectivity index (χ3v) is 6.13. The van der Waals surface area contributed by atoms with E-state index in [2.05, 4.69) is 24.0 Å². The minimum atomic E-state index is 0.0937. The Morgan fingerprint density at radius 1 is 1.14 bits per heavy atom. The SMILES string of the molecule is Cc1cccc2sc(N(CCN3CCOCC3)C(=O)Cc3ccccc3)nc12. The van der Waals surface area contributed by atoms with E-state index in [1.165, 1.54) is 0 Å². The first-order valence-electron chi connectivity index (χ1n) is 9.71. The fourth-order valence-corrected chi connectivity index (χ4v) is 4.54. The van der Waals surface area contributed by atoms with E-state index >= 15 is 0 Å². The minimum Gasteiger partial charge on any atom is -0.379 e. The lowest BCUT2D eigenvalue weighted by Crippen LogP contribution is -2.43. The summed E-state index contributed by atoms with van der Waals surface area (Å²) in [6.07, 6.45) is 0.388. The first-order valence-corrected chi connectivity index (χ1v) is 10.5. The largest absolute Gasteiger partial charge is 0.379 e. The zero-order valence-corrected chi connectivity index (χ0v) is 17.0. The fourth-order valence-electron chi connectivity index (χ4n) is 3.45. The Kier molecular flexibility index (Phi) is 6.00. The fraction of sp³-hybridized carbons (Fsp3) is 0.364. The maximum Gasteiger partial charge on any atom is 0.233 e. The summed E-state index contributed by atoms with van der Waals surface area (Å²) < 4.78 is 6.56. The number of amides is 1. The monoisotopic (exact) mass is 395 g/mol. The number of carbonyl (C=O) groups excluding carboxylic acids is 1. The topological polar surface area (TPSA) is 45.7 Å². The Morgan fingerprint density at radius 3 is 2.68 bits per heavy atom. The molecular formula is C22H25N3O2S. The van der Waals surface area contributed by atoms with E-state index in [1.54, 1.807) is 11.3 Å². The van der Waals surface area contributed by atoms with E-state index in [1.807, 2.05) is 41.3 Å². The first kappa shape index (κ1) is 19.1. The highest BCUT2D eigenvalue weighted by molar-refractivity contribution is 7.22. The van der Waals surface area contributed by atoms with Crippen LogP contribution in [0.4, 0.5) is 5.13 Å². The van der Waals surface area contributed by atoms with Gasteiger partial charge in [0.1, 0.15) is 0 Å². The molecule has 1 aliphatic heterocycles. The highest BCUT2D eigenvalue weighted by Crippen LogP contribution is 2.31. The molecule has 0 radical (unpaired) electrons. The van der Waals surface area contributed by atoms with Gasteiger partial charge < -0.3 is 4.74 Å². The second-order valence-electron chi connectivity index (χ2n) is 7.08. The zero-order valence-electron chi connectivity index (χ0n) is 16.1. The molecule has 6 heteroatoms. The van der Waals surface area contributed by atoms with Crippen LogP contribution in [0.1, 0.15) is 11.1 Å². The van der Waals surface area contributed by atoms with E-state index in [0.717, 1.165) is 59.3 Å². The number of hydrogen-bond acceptors (Lipinski definition) is 5. The van der Waals surface area contributed by atoms with Crippen molar-refractivity contribution in [3.63, 3.8) is 0 Å². The molecule has 0 unspecified atom stereocenters. The third-order valence-electron chi connectivity index (χ3n) is 5.08. The zero-order chi connectivity index (χ0) is 19.3. The van der Waals surface area contributed by atoms with Crippen LogP contribution >= 0.6 is 11.3 Å². The Bertz CT molecular complexity index is 935. The molecular weight excluding hydrogens is 370 g/mol. The van der Waals surface area contributed by atoms with Crippen molar-refractivity contribution in [3.8, 4) is 0 Å². The minimum absolute atomic E-state index is 0.0937. The van der Waals surface area contributed by atoms with Crippen molar-refractivity contribution in [3.05, 3.63) is 59.7 Å². The molecule has 1 fully saturated rings. The molecule has 3 aromatic rings. The molecule has 0 aliphatic carbocycles. The van der Waals surface area contributed by atoms with Gasteiger partial charge in [-0.15, -0.1) is 0 Å². The van der Waals surface area contributed by atoms with Gasteiger partial charge in [-0.05, 0) is 24.1 Å². The van der Waals surface area contributed by atoms with E-state index in [0.29, 0.717) is 13.0 Å². The number of thiazole rings is 1. The summed E-state index contributed by atoms with van der Waals surface area (Å²) in [5.74, 6) is 0.0937. The van der Waals surface area contributed by atoms with E-state index in [4.69, 9.17) is 9.72 Å². The van der Waals surface area contributed by atoms with Crippen LogP contribution in [0.15, 0.2) is 48.5 Å². The molecule has 146 valence electrons. The van der Waals surface area contributed by atoms with Gasteiger partial charge in [-0.25, -0.2) is 4.98 Å². The predicted molar refractivity (Wildman–Crippen MR) is 114 cm³/mol. The Balaban J connectivity index is 1.57. The molecule has 0 N–H and O–H groups in total. The number of benzene rings is 2. The standard InChI is InChI=1S/C22H25N3O2S/c1-17-6-5-9-19-21(17)23-22(28-19)25(11-10-24-12-14-27-15-13-24)20(26)16-18-7-3-2-4-8-18/h2-9H,10-16H2,1H3. The molecule has 1 aliphatic rings. The second-order valence-corrected chi connectivity index (χ2v) is 8.09. The van der Waals surface area contributed by atoms with Crippen molar-refractivity contribution >= 4 is 32.6 Å². The normalized spacial score (nSPS) is 15.0. The average Bonchev–Trinajstić information content (AvgIpc) is 3.15. The number of fused-ring (bicyclic) bond motifs is 1. The number of aryl methyl sites for hydroxylation is 1. The van der Waals surface area contributed by atoms with Gasteiger partial charge in [0, 0.05) is 26.2 Å². The Labute approximate surface area is 169 Å². The summed E-state index contributed by atoms with van der Waals surface area (Å²) in [6.45, 7) is 6.90. The maximum atomic E-state index is 13.2. The van der Waals surface area contributed by atoms with Gasteiger partial charge in [-0.1, -0.05) is 53.8 Å². The number of aromatic nitrogens is 1. The highest BCUT2D eigenvalue weighted by atomic mass is 32.1. The highest BCUT2D eigenvalue weighted by Gasteiger charge is 2.22. The van der Waals surface area contributed by atoms with Crippen LogP contribution in [0.3, 0.4) is 0 Å². The van der Waals surface area contributed by atoms with Crippen molar-refractivity contribution < 1.29 is 9.53 Å². The lowest BCUT2D eigenvalue weighted by Gasteiger charge is -2.29. The van der Waals surface area contributed by atoms with Crippen molar-refractivity contribution in [1.29, 1.82) is 0 Å². The van der Waals surface area contributed by atoms with Gasteiger partial charge in [0.2, 0.25) is 5.91 Å². The van der Waals surface area contributed by atoms with Gasteiger partial charge in [0.15, 0.2) is 5.13 Å². The average molecular weight is 396 g/mol. The van der Waals surface area contributed by atoms with Gasteiger partial charge in [-0.3, -0.25) is 14.6 Å². The number of anilines is 1. The Hall–Kier alpha value is -2.28. The van der Waals surface area contributed by atoms with Crippen LogP contribution in [-0.4, -0.2) is 55.2 Å². The van der Waals surface area contributed by atoms with Crippen molar-refractivity contribution in [2.24, 2.45) is 0 Å². The van der Waals surface area contributed by atoms with Crippen LogP contribution in [0.25, 0.3) is 10.2 Å². The smallest absolute Gasteiger partial charge is 0.233 e. The number of nitrogens with zero attached hydrogens (tertiary/aromatic N) is 3. The molecule has 28 heavy (non-hydrogen) atoms. The molecule has 2 aromatic carbocycles. The van der Waals surface area contributed by atoms with E-state index in [-0.39, 0.29) is 5.91 Å².